The van der Waals surface area contributed by atoms with Crippen molar-refractivity contribution in [1.29, 1.82) is 0 Å². The van der Waals surface area contributed by atoms with Crippen molar-refractivity contribution < 1.29 is 4.79 Å². The number of anilines is 1. The van der Waals surface area contributed by atoms with Crippen LogP contribution in [0.2, 0.25) is 0 Å². The molecule has 23 heavy (non-hydrogen) atoms. The zero-order valence-electron chi connectivity index (χ0n) is 12.9. The largest absolute Gasteiger partial charge is 0.322 e. The van der Waals surface area contributed by atoms with Gasteiger partial charge in [0.25, 0.3) is 5.91 Å². The van der Waals surface area contributed by atoms with Gasteiger partial charge in [0.1, 0.15) is 0 Å². The molecule has 0 atom stereocenters. The van der Waals surface area contributed by atoms with Gasteiger partial charge in [-0.1, -0.05) is 24.3 Å². The molecular formula is C18H16IN3O. The molecule has 1 N–H and O–H groups in total. The second-order valence-electron chi connectivity index (χ2n) is 5.26. The molecule has 4 nitrogen and oxygen atoms in total. The molecule has 0 aliphatic rings. The van der Waals surface area contributed by atoms with Crippen LogP contribution >= 0.6 is 22.6 Å². The Morgan fingerprint density at radius 3 is 2.52 bits per heavy atom. The van der Waals surface area contributed by atoms with E-state index in [1.807, 2.05) is 68.4 Å². The van der Waals surface area contributed by atoms with E-state index in [0.717, 1.165) is 26.3 Å². The Hall–Kier alpha value is -2.15. The van der Waals surface area contributed by atoms with E-state index < -0.39 is 0 Å². The summed E-state index contributed by atoms with van der Waals surface area (Å²) in [5.41, 5.74) is 3.90. The molecule has 0 bridgehead atoms. The number of aryl methyl sites for hydroxylation is 1. The molecule has 0 spiro atoms. The van der Waals surface area contributed by atoms with Crippen molar-refractivity contribution in [3.05, 3.63) is 75.1 Å². The molecule has 3 aromatic rings. The molecule has 0 saturated carbocycles. The molecule has 0 aliphatic heterocycles. The summed E-state index contributed by atoms with van der Waals surface area (Å²) in [6.07, 6.45) is 0. The van der Waals surface area contributed by atoms with Gasteiger partial charge in [-0.15, -0.1) is 0 Å². The summed E-state index contributed by atoms with van der Waals surface area (Å²) in [6, 6.07) is 17.5. The first-order valence-electron chi connectivity index (χ1n) is 7.25. The molecule has 5 heteroatoms. The number of nitrogens with zero attached hydrogens (tertiary/aromatic N) is 2. The summed E-state index contributed by atoms with van der Waals surface area (Å²) in [5.74, 6) is -0.135. The van der Waals surface area contributed by atoms with Gasteiger partial charge in [-0.05, 0) is 66.8 Å². The number of carbonyl (C=O) groups excluding carboxylic acids is 1. The number of hydrogen-bond donors (Lipinski definition) is 1. The number of halogens is 1. The topological polar surface area (TPSA) is 46.9 Å². The Labute approximate surface area is 148 Å². The summed E-state index contributed by atoms with van der Waals surface area (Å²) in [5, 5.41) is 7.46. The quantitative estimate of drug-likeness (QED) is 0.645. The first-order chi connectivity index (χ1) is 11.1. The average molecular weight is 417 g/mol. The molecule has 1 heterocycles. The van der Waals surface area contributed by atoms with Crippen molar-refractivity contribution in [2.24, 2.45) is 0 Å². The summed E-state index contributed by atoms with van der Waals surface area (Å²) < 4.78 is 2.88. The van der Waals surface area contributed by atoms with E-state index in [4.69, 9.17) is 0 Å². The van der Waals surface area contributed by atoms with E-state index in [9.17, 15) is 4.79 Å². The lowest BCUT2D eigenvalue weighted by atomic mass is 10.1. The van der Waals surface area contributed by atoms with E-state index in [2.05, 4.69) is 33.0 Å². The summed E-state index contributed by atoms with van der Waals surface area (Å²) in [6.45, 7) is 3.77. The van der Waals surface area contributed by atoms with Crippen LogP contribution in [0, 0.1) is 17.4 Å². The molecule has 1 amide bonds. The number of rotatable bonds is 3. The van der Waals surface area contributed by atoms with Crippen molar-refractivity contribution in [3.63, 3.8) is 0 Å². The normalized spacial score (nSPS) is 10.6. The van der Waals surface area contributed by atoms with Crippen molar-refractivity contribution in [3.8, 4) is 5.69 Å². The Bertz CT molecular complexity index is 856. The standard InChI is InChI=1S/C18H16IN3O/c1-12-17(18(23)20-15-8-6-7-14(19)11-15)13(2)22(21-12)16-9-4-3-5-10-16/h3-11H,1-2H3,(H,20,23). The fourth-order valence-corrected chi connectivity index (χ4v) is 3.09. The first kappa shape index (κ1) is 15.7. The number of para-hydroxylation sites is 1. The van der Waals surface area contributed by atoms with Crippen LogP contribution in [0.4, 0.5) is 5.69 Å². The van der Waals surface area contributed by atoms with Crippen molar-refractivity contribution >= 4 is 34.2 Å². The predicted molar refractivity (Wildman–Crippen MR) is 100 cm³/mol. The molecule has 3 rings (SSSR count). The molecular weight excluding hydrogens is 401 g/mol. The Morgan fingerprint density at radius 2 is 1.83 bits per heavy atom. The lowest BCUT2D eigenvalue weighted by Crippen LogP contribution is -2.14. The zero-order valence-corrected chi connectivity index (χ0v) is 15.0. The van der Waals surface area contributed by atoms with Gasteiger partial charge in [0, 0.05) is 9.26 Å². The third-order valence-electron chi connectivity index (χ3n) is 3.60. The van der Waals surface area contributed by atoms with Gasteiger partial charge < -0.3 is 5.32 Å². The first-order valence-corrected chi connectivity index (χ1v) is 8.32. The van der Waals surface area contributed by atoms with Crippen LogP contribution in [0.25, 0.3) is 5.69 Å². The van der Waals surface area contributed by atoms with Crippen LogP contribution in [-0.4, -0.2) is 15.7 Å². The van der Waals surface area contributed by atoms with Gasteiger partial charge in [-0.25, -0.2) is 4.68 Å². The van der Waals surface area contributed by atoms with Crippen LogP contribution in [0.1, 0.15) is 21.7 Å². The Balaban J connectivity index is 1.94. The monoisotopic (exact) mass is 417 g/mol. The summed E-state index contributed by atoms with van der Waals surface area (Å²) in [4.78, 5) is 12.6. The van der Waals surface area contributed by atoms with Gasteiger partial charge in [0.15, 0.2) is 0 Å². The lowest BCUT2D eigenvalue weighted by molar-refractivity contribution is 0.102. The highest BCUT2D eigenvalue weighted by molar-refractivity contribution is 14.1. The average Bonchev–Trinajstić information content (AvgIpc) is 2.83. The molecule has 2 aromatic carbocycles. The number of amides is 1. The maximum Gasteiger partial charge on any atom is 0.259 e. The van der Waals surface area contributed by atoms with Gasteiger partial charge in [0.05, 0.1) is 22.6 Å². The smallest absolute Gasteiger partial charge is 0.259 e. The Kier molecular flexibility index (Phi) is 4.47. The SMILES string of the molecule is Cc1nn(-c2ccccc2)c(C)c1C(=O)Nc1cccc(I)c1. The highest BCUT2D eigenvalue weighted by Crippen LogP contribution is 2.20. The van der Waals surface area contributed by atoms with Gasteiger partial charge in [-0.2, -0.15) is 5.10 Å². The van der Waals surface area contributed by atoms with E-state index in [1.165, 1.54) is 0 Å². The third kappa shape index (κ3) is 3.29. The fourth-order valence-electron chi connectivity index (χ4n) is 2.55. The van der Waals surface area contributed by atoms with Gasteiger partial charge in [0.2, 0.25) is 0 Å². The molecule has 116 valence electrons. The number of aromatic nitrogens is 2. The molecule has 0 saturated heterocycles. The van der Waals surface area contributed by atoms with Crippen molar-refractivity contribution in [1.82, 2.24) is 9.78 Å². The minimum absolute atomic E-state index is 0.135. The van der Waals surface area contributed by atoms with Crippen LogP contribution in [0.15, 0.2) is 54.6 Å². The van der Waals surface area contributed by atoms with Gasteiger partial charge in [-0.3, -0.25) is 4.79 Å². The van der Waals surface area contributed by atoms with E-state index >= 15 is 0 Å². The highest BCUT2D eigenvalue weighted by atomic mass is 127. The number of carbonyl (C=O) groups is 1. The van der Waals surface area contributed by atoms with Crippen LogP contribution < -0.4 is 5.32 Å². The van der Waals surface area contributed by atoms with E-state index in [0.29, 0.717) is 5.56 Å². The molecule has 0 unspecified atom stereocenters. The van der Waals surface area contributed by atoms with Crippen LogP contribution in [0.5, 0.6) is 0 Å². The molecule has 0 radical (unpaired) electrons. The number of nitrogens with one attached hydrogen (secondary N) is 1. The van der Waals surface area contributed by atoms with Gasteiger partial charge >= 0.3 is 0 Å². The van der Waals surface area contributed by atoms with Crippen LogP contribution in [-0.2, 0) is 0 Å². The second-order valence-corrected chi connectivity index (χ2v) is 6.50. The van der Waals surface area contributed by atoms with Crippen molar-refractivity contribution in [2.45, 2.75) is 13.8 Å². The molecule has 1 aromatic heterocycles. The van der Waals surface area contributed by atoms with E-state index in [1.54, 1.807) is 4.68 Å². The predicted octanol–water partition coefficient (Wildman–Crippen LogP) is 4.35. The second kappa shape index (κ2) is 6.54. The molecule has 0 aliphatic carbocycles. The fraction of sp³-hybridized carbons (Fsp3) is 0.111. The Morgan fingerprint density at radius 1 is 1.09 bits per heavy atom. The van der Waals surface area contributed by atoms with Crippen LogP contribution in [0.3, 0.4) is 0 Å². The zero-order chi connectivity index (χ0) is 16.4. The summed E-state index contributed by atoms with van der Waals surface area (Å²) >= 11 is 2.22. The maximum atomic E-state index is 12.6. The summed E-state index contributed by atoms with van der Waals surface area (Å²) in [7, 11) is 0. The number of benzene rings is 2. The third-order valence-corrected chi connectivity index (χ3v) is 4.27. The lowest BCUT2D eigenvalue weighted by Gasteiger charge is -2.07. The minimum atomic E-state index is -0.135. The van der Waals surface area contributed by atoms with Crippen molar-refractivity contribution in [2.75, 3.05) is 5.32 Å². The minimum Gasteiger partial charge on any atom is -0.322 e. The van der Waals surface area contributed by atoms with E-state index in [-0.39, 0.29) is 5.91 Å². The highest BCUT2D eigenvalue weighted by Gasteiger charge is 2.19. The molecule has 0 fully saturated rings. The maximum absolute atomic E-state index is 12.6. The number of hydrogen-bond acceptors (Lipinski definition) is 2.